The van der Waals surface area contributed by atoms with E-state index in [1.807, 2.05) is 0 Å². The lowest BCUT2D eigenvalue weighted by molar-refractivity contribution is -0.132. The molecule has 0 atom stereocenters. The number of benzene rings is 1. The normalized spacial score (nSPS) is 10.9. The van der Waals surface area contributed by atoms with Crippen LogP contribution in [0.4, 0.5) is 0 Å². The summed E-state index contributed by atoms with van der Waals surface area (Å²) in [5, 5.41) is 25.0. The van der Waals surface area contributed by atoms with E-state index in [0.29, 0.717) is 0 Å². The number of carbonyl (C=O) groups is 3. The van der Waals surface area contributed by atoms with Gasteiger partial charge in [-0.15, -0.1) is 0 Å². The average Bonchev–Trinajstić information content (AvgIpc) is 3.27. The van der Waals surface area contributed by atoms with E-state index >= 15 is 0 Å². The third-order valence-corrected chi connectivity index (χ3v) is 1.96. The highest BCUT2D eigenvalue weighted by Crippen LogP contribution is 2.07. The third-order valence-electron chi connectivity index (χ3n) is 1.96. The highest BCUT2D eigenvalue weighted by molar-refractivity contribution is 6.01. The van der Waals surface area contributed by atoms with Gasteiger partial charge < -0.3 is 20.1 Å². The second-order valence-electron chi connectivity index (χ2n) is 3.85. The summed E-state index contributed by atoms with van der Waals surface area (Å²) in [4.78, 5) is 30.5. The SMILES string of the molecule is C1CO1.C=C(C)C(=O)O.O=C(O)c1ccccc1C(=O)O. The standard InChI is InChI=1S/C8H6O4.C4H6O2.C2H4O/c9-7(10)5-3-1-2-4-6(5)8(11)12;1-3(2)4(5)6;1-2-3-1/h1-4H,(H,9,10)(H,11,12);1H2,2H3,(H,5,6);1-2H2. The van der Waals surface area contributed by atoms with Gasteiger partial charge in [-0.2, -0.15) is 0 Å². The van der Waals surface area contributed by atoms with Crippen LogP contribution in [0.2, 0.25) is 0 Å². The molecular formula is C14H16O7. The highest BCUT2D eigenvalue weighted by atomic mass is 16.6. The van der Waals surface area contributed by atoms with Crippen molar-refractivity contribution < 1.29 is 34.4 Å². The number of carboxylic acids is 3. The van der Waals surface area contributed by atoms with E-state index in [1.165, 1.54) is 31.2 Å². The number of rotatable bonds is 3. The van der Waals surface area contributed by atoms with Crippen molar-refractivity contribution in [2.75, 3.05) is 13.2 Å². The second-order valence-corrected chi connectivity index (χ2v) is 3.85. The van der Waals surface area contributed by atoms with E-state index in [1.54, 1.807) is 0 Å². The molecule has 0 spiro atoms. The first-order chi connectivity index (χ1) is 9.77. The molecule has 0 bridgehead atoms. The zero-order valence-electron chi connectivity index (χ0n) is 11.4. The third kappa shape index (κ3) is 8.95. The summed E-state index contributed by atoms with van der Waals surface area (Å²) >= 11 is 0. The number of aliphatic carboxylic acids is 1. The number of aromatic carboxylic acids is 2. The Bertz CT molecular complexity index is 484. The number of ether oxygens (including phenoxy) is 1. The summed E-state index contributed by atoms with van der Waals surface area (Å²) in [6.45, 7) is 6.60. The summed E-state index contributed by atoms with van der Waals surface area (Å²) in [6, 6.07) is 5.48. The predicted octanol–water partition coefficient (Wildman–Crippen LogP) is 1.75. The van der Waals surface area contributed by atoms with Crippen molar-refractivity contribution >= 4 is 17.9 Å². The van der Waals surface area contributed by atoms with Gasteiger partial charge in [-0.1, -0.05) is 18.7 Å². The molecule has 1 aromatic carbocycles. The number of hydrogen-bond donors (Lipinski definition) is 3. The Morgan fingerprint density at radius 3 is 1.43 bits per heavy atom. The van der Waals surface area contributed by atoms with E-state index < -0.39 is 17.9 Å². The van der Waals surface area contributed by atoms with Crippen LogP contribution in [-0.2, 0) is 9.53 Å². The lowest BCUT2D eigenvalue weighted by atomic mass is 10.1. The van der Waals surface area contributed by atoms with Crippen LogP contribution in [0.15, 0.2) is 36.4 Å². The highest BCUT2D eigenvalue weighted by Gasteiger charge is 2.13. The lowest BCUT2D eigenvalue weighted by Gasteiger charge is -1.98. The van der Waals surface area contributed by atoms with Gasteiger partial charge in [0.1, 0.15) is 0 Å². The van der Waals surface area contributed by atoms with Gasteiger partial charge in [0.15, 0.2) is 0 Å². The molecule has 1 aliphatic rings. The van der Waals surface area contributed by atoms with E-state index in [4.69, 9.17) is 15.3 Å². The number of hydrogen-bond acceptors (Lipinski definition) is 4. The molecule has 0 unspecified atom stereocenters. The Kier molecular flexibility index (Phi) is 8.09. The zero-order chi connectivity index (χ0) is 16.4. The first kappa shape index (κ1) is 18.3. The van der Waals surface area contributed by atoms with Crippen molar-refractivity contribution in [3.63, 3.8) is 0 Å². The quantitative estimate of drug-likeness (QED) is 0.573. The molecule has 0 radical (unpaired) electrons. The van der Waals surface area contributed by atoms with Crippen LogP contribution in [-0.4, -0.2) is 46.4 Å². The van der Waals surface area contributed by atoms with Crippen LogP contribution in [0.3, 0.4) is 0 Å². The molecule has 1 saturated heterocycles. The fourth-order valence-corrected chi connectivity index (χ4v) is 0.856. The van der Waals surface area contributed by atoms with Gasteiger partial charge in [-0.3, -0.25) is 0 Å². The topological polar surface area (TPSA) is 124 Å². The molecule has 1 fully saturated rings. The minimum absolute atomic E-state index is 0.176. The summed E-state index contributed by atoms with van der Waals surface area (Å²) in [7, 11) is 0. The molecule has 0 saturated carbocycles. The Balaban J connectivity index is 0.000000367. The van der Waals surface area contributed by atoms with Crippen molar-refractivity contribution in [2.24, 2.45) is 0 Å². The minimum Gasteiger partial charge on any atom is -0.478 e. The van der Waals surface area contributed by atoms with Gasteiger partial charge in [0, 0.05) is 5.57 Å². The maximum absolute atomic E-state index is 10.5. The van der Waals surface area contributed by atoms with Crippen molar-refractivity contribution in [3.05, 3.63) is 47.5 Å². The Hall–Kier alpha value is -2.67. The lowest BCUT2D eigenvalue weighted by Crippen LogP contribution is -2.06. The number of carboxylic acid groups (broad SMARTS) is 3. The molecule has 0 amide bonds. The van der Waals surface area contributed by atoms with Crippen LogP contribution < -0.4 is 0 Å². The van der Waals surface area contributed by atoms with Crippen LogP contribution in [0.1, 0.15) is 27.6 Å². The van der Waals surface area contributed by atoms with E-state index in [9.17, 15) is 14.4 Å². The monoisotopic (exact) mass is 296 g/mol. The van der Waals surface area contributed by atoms with Gasteiger partial charge >= 0.3 is 17.9 Å². The van der Waals surface area contributed by atoms with Crippen LogP contribution in [0, 0.1) is 0 Å². The van der Waals surface area contributed by atoms with Crippen LogP contribution in [0.25, 0.3) is 0 Å². The van der Waals surface area contributed by atoms with E-state index in [0.717, 1.165) is 13.2 Å². The fraction of sp³-hybridized carbons (Fsp3) is 0.214. The average molecular weight is 296 g/mol. The van der Waals surface area contributed by atoms with Crippen molar-refractivity contribution in [2.45, 2.75) is 6.92 Å². The molecular weight excluding hydrogens is 280 g/mol. The van der Waals surface area contributed by atoms with Crippen molar-refractivity contribution in [1.29, 1.82) is 0 Å². The maximum atomic E-state index is 10.5. The maximum Gasteiger partial charge on any atom is 0.336 e. The molecule has 1 aromatic rings. The summed E-state index contributed by atoms with van der Waals surface area (Å²) < 4.78 is 4.50. The van der Waals surface area contributed by atoms with Gasteiger partial charge in [0.05, 0.1) is 24.3 Å². The van der Waals surface area contributed by atoms with Gasteiger partial charge in [-0.25, -0.2) is 14.4 Å². The Morgan fingerprint density at radius 2 is 1.29 bits per heavy atom. The Morgan fingerprint density at radius 1 is 1.00 bits per heavy atom. The van der Waals surface area contributed by atoms with E-state index in [2.05, 4.69) is 11.3 Å². The molecule has 1 heterocycles. The van der Waals surface area contributed by atoms with Gasteiger partial charge in [0.2, 0.25) is 0 Å². The van der Waals surface area contributed by atoms with E-state index in [-0.39, 0.29) is 16.7 Å². The zero-order valence-corrected chi connectivity index (χ0v) is 11.4. The number of epoxide rings is 1. The second kappa shape index (κ2) is 9.27. The Labute approximate surface area is 121 Å². The smallest absolute Gasteiger partial charge is 0.336 e. The minimum atomic E-state index is -1.23. The molecule has 0 aliphatic carbocycles. The molecule has 7 nitrogen and oxygen atoms in total. The van der Waals surface area contributed by atoms with Crippen LogP contribution >= 0.6 is 0 Å². The largest absolute Gasteiger partial charge is 0.478 e. The van der Waals surface area contributed by atoms with Gasteiger partial charge in [-0.05, 0) is 19.1 Å². The summed E-state index contributed by atoms with van der Waals surface area (Å²) in [5.41, 5.74) is -0.204. The first-order valence-corrected chi connectivity index (χ1v) is 5.79. The van der Waals surface area contributed by atoms with Gasteiger partial charge in [0.25, 0.3) is 0 Å². The molecule has 2 rings (SSSR count). The molecule has 1 aliphatic heterocycles. The molecule has 21 heavy (non-hydrogen) atoms. The molecule has 0 aromatic heterocycles. The molecule has 114 valence electrons. The fourth-order valence-electron chi connectivity index (χ4n) is 0.856. The molecule has 3 N–H and O–H groups in total. The molecule has 7 heteroatoms. The summed E-state index contributed by atoms with van der Waals surface area (Å²) in [5.74, 6) is -3.39. The summed E-state index contributed by atoms with van der Waals surface area (Å²) in [6.07, 6.45) is 0. The van der Waals surface area contributed by atoms with Crippen molar-refractivity contribution in [1.82, 2.24) is 0 Å². The van der Waals surface area contributed by atoms with Crippen LogP contribution in [0.5, 0.6) is 0 Å². The first-order valence-electron chi connectivity index (χ1n) is 5.79. The van der Waals surface area contributed by atoms with Crippen molar-refractivity contribution in [3.8, 4) is 0 Å². The predicted molar refractivity (Wildman–Crippen MR) is 73.6 cm³/mol.